The summed E-state index contributed by atoms with van der Waals surface area (Å²) >= 11 is 3.41. The lowest BCUT2D eigenvalue weighted by Crippen LogP contribution is -2.03. The number of aryl methyl sites for hydroxylation is 1. The fourth-order valence-electron chi connectivity index (χ4n) is 1.66. The normalized spacial score (nSPS) is 10.7. The van der Waals surface area contributed by atoms with Crippen molar-refractivity contribution in [3.8, 4) is 11.3 Å². The second-order valence-electron chi connectivity index (χ2n) is 3.62. The Morgan fingerprint density at radius 3 is 2.62 bits per heavy atom. The molecule has 1 aromatic carbocycles. The van der Waals surface area contributed by atoms with Crippen LogP contribution in [-0.2, 0) is 6.42 Å². The van der Waals surface area contributed by atoms with Crippen LogP contribution in [0.4, 0.5) is 0 Å². The van der Waals surface area contributed by atoms with Crippen molar-refractivity contribution in [1.82, 2.24) is 5.16 Å². The molecule has 2 rings (SSSR count). The monoisotopic (exact) mass is 280 g/mol. The SMILES string of the molecule is Cc1noc(-c2ccc(Br)cc2)c1CCN. The molecule has 0 spiro atoms. The van der Waals surface area contributed by atoms with Crippen LogP contribution in [-0.4, -0.2) is 11.7 Å². The number of hydrogen-bond donors (Lipinski definition) is 1. The Hall–Kier alpha value is -1.13. The van der Waals surface area contributed by atoms with Gasteiger partial charge in [0.15, 0.2) is 5.76 Å². The van der Waals surface area contributed by atoms with E-state index in [4.69, 9.17) is 10.3 Å². The van der Waals surface area contributed by atoms with Crippen LogP contribution in [0, 0.1) is 6.92 Å². The van der Waals surface area contributed by atoms with Gasteiger partial charge < -0.3 is 10.3 Å². The van der Waals surface area contributed by atoms with E-state index in [1.165, 1.54) is 0 Å². The molecule has 0 atom stereocenters. The molecule has 1 heterocycles. The average Bonchev–Trinajstić information content (AvgIpc) is 2.63. The van der Waals surface area contributed by atoms with Crippen LogP contribution in [0.2, 0.25) is 0 Å². The summed E-state index contributed by atoms with van der Waals surface area (Å²) in [6.45, 7) is 2.54. The summed E-state index contributed by atoms with van der Waals surface area (Å²) < 4.78 is 6.40. The number of hydrogen-bond acceptors (Lipinski definition) is 3. The molecule has 2 N–H and O–H groups in total. The van der Waals surface area contributed by atoms with Gasteiger partial charge in [-0.25, -0.2) is 0 Å². The van der Waals surface area contributed by atoms with Crippen molar-refractivity contribution in [2.75, 3.05) is 6.54 Å². The summed E-state index contributed by atoms with van der Waals surface area (Å²) in [5, 5.41) is 3.99. The van der Waals surface area contributed by atoms with Crippen molar-refractivity contribution >= 4 is 15.9 Å². The zero-order valence-corrected chi connectivity index (χ0v) is 10.6. The standard InChI is InChI=1S/C12H13BrN2O/c1-8-11(6-7-14)12(16-15-8)9-2-4-10(13)5-3-9/h2-5H,6-7,14H2,1H3. The fourth-order valence-corrected chi connectivity index (χ4v) is 1.92. The van der Waals surface area contributed by atoms with E-state index in [0.717, 1.165) is 33.5 Å². The Kier molecular flexibility index (Phi) is 3.41. The minimum Gasteiger partial charge on any atom is -0.356 e. The van der Waals surface area contributed by atoms with E-state index in [2.05, 4.69) is 21.1 Å². The maximum absolute atomic E-state index is 5.58. The Morgan fingerprint density at radius 2 is 2.00 bits per heavy atom. The topological polar surface area (TPSA) is 52.0 Å². The smallest absolute Gasteiger partial charge is 0.170 e. The van der Waals surface area contributed by atoms with E-state index >= 15 is 0 Å². The van der Waals surface area contributed by atoms with Gasteiger partial charge in [-0.15, -0.1) is 0 Å². The zero-order valence-electron chi connectivity index (χ0n) is 9.03. The van der Waals surface area contributed by atoms with Crippen molar-refractivity contribution in [2.24, 2.45) is 5.73 Å². The van der Waals surface area contributed by atoms with Crippen molar-refractivity contribution in [3.63, 3.8) is 0 Å². The first-order chi connectivity index (χ1) is 7.72. The molecule has 0 fully saturated rings. The third-order valence-corrected chi connectivity index (χ3v) is 3.01. The molecule has 84 valence electrons. The second-order valence-corrected chi connectivity index (χ2v) is 4.54. The van der Waals surface area contributed by atoms with Crippen LogP contribution in [0.15, 0.2) is 33.3 Å². The zero-order chi connectivity index (χ0) is 11.5. The van der Waals surface area contributed by atoms with E-state index in [-0.39, 0.29) is 0 Å². The van der Waals surface area contributed by atoms with Gasteiger partial charge in [0.2, 0.25) is 0 Å². The lowest BCUT2D eigenvalue weighted by atomic mass is 10.0. The van der Waals surface area contributed by atoms with Gasteiger partial charge in [-0.1, -0.05) is 33.2 Å². The molecule has 2 aromatic rings. The van der Waals surface area contributed by atoms with Gasteiger partial charge >= 0.3 is 0 Å². The summed E-state index contributed by atoms with van der Waals surface area (Å²) in [4.78, 5) is 0. The van der Waals surface area contributed by atoms with Gasteiger partial charge in [-0.05, 0) is 32.0 Å². The molecule has 4 heteroatoms. The number of nitrogens with two attached hydrogens (primary N) is 1. The van der Waals surface area contributed by atoms with Crippen molar-refractivity contribution in [2.45, 2.75) is 13.3 Å². The maximum Gasteiger partial charge on any atom is 0.170 e. The van der Waals surface area contributed by atoms with Crippen LogP contribution in [0.1, 0.15) is 11.3 Å². The van der Waals surface area contributed by atoms with Gasteiger partial charge in [-0.3, -0.25) is 0 Å². The first-order valence-electron chi connectivity index (χ1n) is 5.13. The highest BCUT2D eigenvalue weighted by molar-refractivity contribution is 9.10. The van der Waals surface area contributed by atoms with Gasteiger partial charge in [0, 0.05) is 15.6 Å². The van der Waals surface area contributed by atoms with Gasteiger partial charge in [0.25, 0.3) is 0 Å². The molecular formula is C12H13BrN2O. The molecule has 3 nitrogen and oxygen atoms in total. The van der Waals surface area contributed by atoms with Crippen molar-refractivity contribution in [3.05, 3.63) is 40.0 Å². The lowest BCUT2D eigenvalue weighted by Gasteiger charge is -2.00. The second kappa shape index (κ2) is 4.80. The van der Waals surface area contributed by atoms with Crippen LogP contribution < -0.4 is 5.73 Å². The molecule has 0 unspecified atom stereocenters. The largest absolute Gasteiger partial charge is 0.356 e. The highest BCUT2D eigenvalue weighted by Crippen LogP contribution is 2.27. The number of halogens is 1. The number of rotatable bonds is 3. The summed E-state index contributed by atoms with van der Waals surface area (Å²) in [5.74, 6) is 0.829. The third-order valence-electron chi connectivity index (χ3n) is 2.49. The number of nitrogens with zero attached hydrogens (tertiary/aromatic N) is 1. The quantitative estimate of drug-likeness (QED) is 0.941. The van der Waals surface area contributed by atoms with Gasteiger partial charge in [0.1, 0.15) is 0 Å². The fraction of sp³-hybridized carbons (Fsp3) is 0.250. The minimum atomic E-state index is 0.603. The highest BCUT2D eigenvalue weighted by Gasteiger charge is 2.13. The molecule has 16 heavy (non-hydrogen) atoms. The third kappa shape index (κ3) is 2.18. The number of benzene rings is 1. The first kappa shape index (κ1) is 11.4. The molecule has 0 radical (unpaired) electrons. The van der Waals surface area contributed by atoms with Crippen molar-refractivity contribution in [1.29, 1.82) is 0 Å². The average molecular weight is 281 g/mol. The molecule has 0 saturated carbocycles. The molecular weight excluding hydrogens is 268 g/mol. The van der Waals surface area contributed by atoms with Crippen LogP contribution in [0.5, 0.6) is 0 Å². The molecule has 1 aromatic heterocycles. The van der Waals surface area contributed by atoms with Gasteiger partial charge in [-0.2, -0.15) is 0 Å². The summed E-state index contributed by atoms with van der Waals surface area (Å²) in [6, 6.07) is 7.98. The van der Waals surface area contributed by atoms with E-state index in [1.807, 2.05) is 31.2 Å². The summed E-state index contributed by atoms with van der Waals surface area (Å²) in [6.07, 6.45) is 0.792. The highest BCUT2D eigenvalue weighted by atomic mass is 79.9. The van der Waals surface area contributed by atoms with Crippen molar-refractivity contribution < 1.29 is 4.52 Å². The predicted octanol–water partition coefficient (Wildman–Crippen LogP) is 2.91. The van der Waals surface area contributed by atoms with Crippen LogP contribution >= 0.6 is 15.9 Å². The lowest BCUT2D eigenvalue weighted by molar-refractivity contribution is 0.426. The van der Waals surface area contributed by atoms with Crippen LogP contribution in [0.3, 0.4) is 0 Å². The summed E-state index contributed by atoms with van der Waals surface area (Å²) in [5.41, 5.74) is 8.64. The minimum absolute atomic E-state index is 0.603. The predicted molar refractivity (Wildman–Crippen MR) is 67.1 cm³/mol. The van der Waals surface area contributed by atoms with Gasteiger partial charge in [0.05, 0.1) is 5.69 Å². The first-order valence-corrected chi connectivity index (χ1v) is 5.93. The Labute approximate surface area is 103 Å². The molecule has 0 amide bonds. The Bertz CT molecular complexity index is 476. The van der Waals surface area contributed by atoms with E-state index < -0.39 is 0 Å². The number of aromatic nitrogens is 1. The van der Waals surface area contributed by atoms with E-state index in [9.17, 15) is 0 Å². The van der Waals surface area contributed by atoms with Crippen LogP contribution in [0.25, 0.3) is 11.3 Å². The molecule has 0 aliphatic heterocycles. The van der Waals surface area contributed by atoms with E-state index in [1.54, 1.807) is 0 Å². The molecule has 0 bridgehead atoms. The Balaban J connectivity index is 2.43. The molecule has 0 aliphatic rings. The molecule has 0 saturated heterocycles. The summed E-state index contributed by atoms with van der Waals surface area (Å²) in [7, 11) is 0. The Morgan fingerprint density at radius 1 is 1.31 bits per heavy atom. The molecule has 0 aliphatic carbocycles. The maximum atomic E-state index is 5.58. The van der Waals surface area contributed by atoms with E-state index in [0.29, 0.717) is 6.54 Å².